The lowest BCUT2D eigenvalue weighted by Gasteiger charge is -2.40. The zero-order valence-corrected chi connectivity index (χ0v) is 12.1. The summed E-state index contributed by atoms with van der Waals surface area (Å²) < 4.78 is 5.83. The molecule has 0 heterocycles. The Morgan fingerprint density at radius 1 is 1.12 bits per heavy atom. The van der Waals surface area contributed by atoms with Crippen molar-refractivity contribution in [1.82, 2.24) is 5.32 Å². The van der Waals surface area contributed by atoms with Gasteiger partial charge in [-0.25, -0.2) is 0 Å². The minimum absolute atomic E-state index is 0.0133. The maximum atomic E-state index is 5.83. The molecule has 0 aromatic heterocycles. The summed E-state index contributed by atoms with van der Waals surface area (Å²) >= 11 is 0. The van der Waals surface area contributed by atoms with Crippen molar-refractivity contribution in [3.05, 3.63) is 0 Å². The van der Waals surface area contributed by atoms with E-state index >= 15 is 0 Å². The van der Waals surface area contributed by atoms with Gasteiger partial charge in [0.15, 0.2) is 0 Å². The molecule has 0 fully saturated rings. The van der Waals surface area contributed by atoms with Gasteiger partial charge in [-0.05, 0) is 38.1 Å². The van der Waals surface area contributed by atoms with Gasteiger partial charge in [0.25, 0.3) is 0 Å². The van der Waals surface area contributed by atoms with Gasteiger partial charge < -0.3 is 10.1 Å². The molecule has 0 aliphatic heterocycles. The minimum Gasteiger partial charge on any atom is -0.377 e. The molecule has 1 N–H and O–H groups in total. The van der Waals surface area contributed by atoms with Crippen molar-refractivity contribution >= 4 is 0 Å². The Hall–Kier alpha value is -0.0800. The molecule has 0 spiro atoms. The number of methoxy groups -OCH3 is 1. The lowest BCUT2D eigenvalue weighted by atomic mass is 9.83. The number of nitrogens with one attached hydrogen (secondary N) is 1. The maximum absolute atomic E-state index is 5.83. The maximum Gasteiger partial charge on any atom is 0.0825 e. The molecule has 0 rings (SSSR count). The zero-order chi connectivity index (χ0) is 12.6. The summed E-state index contributed by atoms with van der Waals surface area (Å²) in [6.45, 7) is 12.3. The first-order chi connectivity index (χ1) is 7.56. The summed E-state index contributed by atoms with van der Waals surface area (Å²) in [6.07, 6.45) is 4.53. The number of hydrogen-bond acceptors (Lipinski definition) is 2. The van der Waals surface area contributed by atoms with Crippen LogP contribution in [0.4, 0.5) is 0 Å². The molecule has 98 valence electrons. The van der Waals surface area contributed by atoms with Crippen LogP contribution in [0.2, 0.25) is 0 Å². The number of rotatable bonds is 9. The molecule has 1 atom stereocenters. The van der Waals surface area contributed by atoms with Crippen LogP contribution in [0.15, 0.2) is 0 Å². The Bertz CT molecular complexity index is 156. The molecule has 0 radical (unpaired) electrons. The van der Waals surface area contributed by atoms with E-state index in [1.54, 1.807) is 0 Å². The highest BCUT2D eigenvalue weighted by Gasteiger charge is 2.35. The van der Waals surface area contributed by atoms with Crippen LogP contribution in [0.5, 0.6) is 0 Å². The van der Waals surface area contributed by atoms with E-state index in [4.69, 9.17) is 4.74 Å². The first-order valence-corrected chi connectivity index (χ1v) is 6.84. The van der Waals surface area contributed by atoms with Crippen LogP contribution in [0.25, 0.3) is 0 Å². The van der Waals surface area contributed by atoms with Crippen molar-refractivity contribution in [2.45, 2.75) is 71.9 Å². The average molecular weight is 229 g/mol. The van der Waals surface area contributed by atoms with Crippen LogP contribution >= 0.6 is 0 Å². The van der Waals surface area contributed by atoms with Gasteiger partial charge in [-0.3, -0.25) is 0 Å². The van der Waals surface area contributed by atoms with Crippen molar-refractivity contribution in [3.63, 3.8) is 0 Å². The third-order valence-corrected chi connectivity index (χ3v) is 3.59. The fourth-order valence-corrected chi connectivity index (χ4v) is 2.45. The molecule has 0 aromatic carbocycles. The van der Waals surface area contributed by atoms with Gasteiger partial charge in [-0.15, -0.1) is 0 Å². The lowest BCUT2D eigenvalue weighted by Crippen LogP contribution is -2.52. The van der Waals surface area contributed by atoms with Crippen molar-refractivity contribution in [3.8, 4) is 0 Å². The summed E-state index contributed by atoms with van der Waals surface area (Å²) in [7, 11) is 1.86. The van der Waals surface area contributed by atoms with Crippen molar-refractivity contribution < 1.29 is 4.74 Å². The number of ether oxygens (including phenoxy) is 1. The second kappa shape index (κ2) is 8.08. The Kier molecular flexibility index (Phi) is 8.04. The molecule has 0 bridgehead atoms. The second-order valence-corrected chi connectivity index (χ2v) is 5.11. The molecule has 2 heteroatoms. The van der Waals surface area contributed by atoms with Crippen molar-refractivity contribution in [2.75, 3.05) is 13.7 Å². The standard InChI is InChI=1S/C14H31NO/c1-7-10-15-13(11-12(4)5)14(8-2,9-3)16-6/h12-13,15H,7-11H2,1-6H3. The Morgan fingerprint density at radius 3 is 2.00 bits per heavy atom. The quantitative estimate of drug-likeness (QED) is 0.652. The molecular formula is C14H31NO. The fourth-order valence-electron chi connectivity index (χ4n) is 2.45. The highest BCUT2D eigenvalue weighted by molar-refractivity contribution is 4.91. The predicted octanol–water partition coefficient (Wildman–Crippen LogP) is 3.61. The summed E-state index contributed by atoms with van der Waals surface area (Å²) in [4.78, 5) is 0. The topological polar surface area (TPSA) is 21.3 Å². The third kappa shape index (κ3) is 4.42. The van der Waals surface area contributed by atoms with Crippen LogP contribution in [0, 0.1) is 5.92 Å². The summed E-state index contributed by atoms with van der Waals surface area (Å²) in [5, 5.41) is 3.67. The minimum atomic E-state index is 0.0133. The lowest BCUT2D eigenvalue weighted by molar-refractivity contribution is -0.0520. The largest absolute Gasteiger partial charge is 0.377 e. The van der Waals surface area contributed by atoms with E-state index in [1.165, 1.54) is 12.8 Å². The molecule has 1 unspecified atom stereocenters. The highest BCUT2D eigenvalue weighted by Crippen LogP contribution is 2.28. The van der Waals surface area contributed by atoms with Gasteiger partial charge in [-0.2, -0.15) is 0 Å². The molecular weight excluding hydrogens is 198 g/mol. The molecule has 0 aliphatic rings. The van der Waals surface area contributed by atoms with E-state index in [1.807, 2.05) is 7.11 Å². The Labute approximate surface area is 102 Å². The summed E-state index contributed by atoms with van der Waals surface area (Å²) in [6, 6.07) is 0.479. The van der Waals surface area contributed by atoms with Gasteiger partial charge >= 0.3 is 0 Å². The Morgan fingerprint density at radius 2 is 1.69 bits per heavy atom. The third-order valence-electron chi connectivity index (χ3n) is 3.59. The van der Waals surface area contributed by atoms with E-state index in [0.29, 0.717) is 12.0 Å². The van der Waals surface area contributed by atoms with Crippen LogP contribution < -0.4 is 5.32 Å². The van der Waals surface area contributed by atoms with E-state index in [9.17, 15) is 0 Å². The molecule has 0 aliphatic carbocycles. The van der Waals surface area contributed by atoms with Crippen LogP contribution in [0.1, 0.15) is 60.3 Å². The average Bonchev–Trinajstić information content (AvgIpc) is 2.28. The first kappa shape index (κ1) is 15.9. The monoisotopic (exact) mass is 229 g/mol. The van der Waals surface area contributed by atoms with Crippen LogP contribution in [0.3, 0.4) is 0 Å². The molecule has 0 saturated heterocycles. The van der Waals surface area contributed by atoms with E-state index in [0.717, 1.165) is 19.4 Å². The summed E-state index contributed by atoms with van der Waals surface area (Å²) in [5.74, 6) is 0.710. The van der Waals surface area contributed by atoms with Gasteiger partial charge in [0, 0.05) is 13.2 Å². The number of hydrogen-bond donors (Lipinski definition) is 1. The molecule has 2 nitrogen and oxygen atoms in total. The van der Waals surface area contributed by atoms with Gasteiger partial charge in [0.2, 0.25) is 0 Å². The van der Waals surface area contributed by atoms with Crippen LogP contribution in [-0.4, -0.2) is 25.3 Å². The fraction of sp³-hybridized carbons (Fsp3) is 1.00. The van der Waals surface area contributed by atoms with Gasteiger partial charge in [0.05, 0.1) is 5.60 Å². The summed E-state index contributed by atoms with van der Waals surface area (Å²) in [5.41, 5.74) is 0.0133. The Balaban J connectivity index is 4.65. The molecule has 0 amide bonds. The highest BCUT2D eigenvalue weighted by atomic mass is 16.5. The van der Waals surface area contributed by atoms with E-state index in [-0.39, 0.29) is 5.60 Å². The van der Waals surface area contributed by atoms with Crippen molar-refractivity contribution in [1.29, 1.82) is 0 Å². The van der Waals surface area contributed by atoms with Gasteiger partial charge in [-0.1, -0.05) is 34.6 Å². The molecule has 16 heavy (non-hydrogen) atoms. The van der Waals surface area contributed by atoms with E-state index in [2.05, 4.69) is 39.9 Å². The first-order valence-electron chi connectivity index (χ1n) is 6.84. The van der Waals surface area contributed by atoms with Crippen molar-refractivity contribution in [2.24, 2.45) is 5.92 Å². The SMILES string of the molecule is CCCNC(CC(C)C)C(CC)(CC)OC. The van der Waals surface area contributed by atoms with E-state index < -0.39 is 0 Å². The second-order valence-electron chi connectivity index (χ2n) is 5.11. The smallest absolute Gasteiger partial charge is 0.0825 e. The van der Waals surface area contributed by atoms with Crippen LogP contribution in [-0.2, 0) is 4.74 Å². The molecule has 0 aromatic rings. The predicted molar refractivity (Wildman–Crippen MR) is 71.9 cm³/mol. The van der Waals surface area contributed by atoms with Gasteiger partial charge in [0.1, 0.15) is 0 Å². The normalized spacial score (nSPS) is 14.4. The zero-order valence-electron chi connectivity index (χ0n) is 12.1. The molecule has 0 saturated carbocycles.